The number of aliphatic hydroxyl groups excluding tert-OH is 1. The van der Waals surface area contributed by atoms with Crippen LogP contribution in [-0.2, 0) is 4.74 Å². The number of fused-ring (bicyclic) bond motifs is 1. The van der Waals surface area contributed by atoms with Gasteiger partial charge in [-0.3, -0.25) is 0 Å². The van der Waals surface area contributed by atoms with Gasteiger partial charge < -0.3 is 9.84 Å². The molecule has 0 aliphatic carbocycles. The fourth-order valence-electron chi connectivity index (χ4n) is 1.23. The Bertz CT molecular complexity index is 389. The van der Waals surface area contributed by atoms with Gasteiger partial charge in [-0.05, 0) is 6.07 Å². The molecule has 3 nitrogen and oxygen atoms in total. The van der Waals surface area contributed by atoms with Gasteiger partial charge in [-0.1, -0.05) is 0 Å². The normalized spacial score (nSPS) is 19.9. The van der Waals surface area contributed by atoms with Crippen molar-refractivity contribution < 1.29 is 23.4 Å². The van der Waals surface area contributed by atoms with Crippen LogP contribution in [-0.4, -0.2) is 11.1 Å². The Morgan fingerprint density at radius 2 is 2.08 bits per heavy atom. The van der Waals surface area contributed by atoms with Crippen LogP contribution < -0.4 is 0 Å². The fourth-order valence-corrected chi connectivity index (χ4v) is 1.23. The molecule has 1 aromatic carbocycles. The highest BCUT2D eigenvalue weighted by Crippen LogP contribution is 2.31. The summed E-state index contributed by atoms with van der Waals surface area (Å²) in [5, 5.41) is 9.02. The molecule has 68 valence electrons. The Hall–Kier alpha value is -1.49. The van der Waals surface area contributed by atoms with Gasteiger partial charge in [0.15, 0.2) is 0 Å². The van der Waals surface area contributed by atoms with E-state index < -0.39 is 23.9 Å². The number of carbonyl (C=O) groups is 1. The lowest BCUT2D eigenvalue weighted by Gasteiger charge is -2.01. The minimum atomic E-state index is -1.62. The first-order chi connectivity index (χ1) is 6.09. The zero-order chi connectivity index (χ0) is 9.59. The average Bonchev–Trinajstić information content (AvgIpc) is 2.27. The number of esters is 1. The number of cyclic esters (lactones) is 1. The van der Waals surface area contributed by atoms with Crippen molar-refractivity contribution in [3.63, 3.8) is 0 Å². The monoisotopic (exact) mass is 186 g/mol. The van der Waals surface area contributed by atoms with Gasteiger partial charge in [0.05, 0.1) is 11.1 Å². The number of rotatable bonds is 0. The van der Waals surface area contributed by atoms with E-state index in [0.29, 0.717) is 6.07 Å². The van der Waals surface area contributed by atoms with Crippen molar-refractivity contribution in [2.45, 2.75) is 6.29 Å². The number of benzene rings is 1. The molecular formula is C8H4F2O3. The SMILES string of the molecule is O=C1OC(O)c2c(F)cc(F)cc21. The third-order valence-corrected chi connectivity index (χ3v) is 1.78. The second kappa shape index (κ2) is 2.50. The highest BCUT2D eigenvalue weighted by Gasteiger charge is 2.33. The van der Waals surface area contributed by atoms with Crippen LogP contribution in [0.3, 0.4) is 0 Å². The van der Waals surface area contributed by atoms with Gasteiger partial charge in [-0.15, -0.1) is 0 Å². The average molecular weight is 186 g/mol. The molecule has 1 N–H and O–H groups in total. The summed E-state index contributed by atoms with van der Waals surface area (Å²) in [7, 11) is 0. The molecule has 0 bridgehead atoms. The highest BCUT2D eigenvalue weighted by atomic mass is 19.1. The van der Waals surface area contributed by atoms with Crippen molar-refractivity contribution >= 4 is 5.97 Å². The maximum Gasteiger partial charge on any atom is 0.341 e. The Morgan fingerprint density at radius 3 is 2.77 bits per heavy atom. The minimum Gasteiger partial charge on any atom is -0.428 e. The summed E-state index contributed by atoms with van der Waals surface area (Å²) in [5.74, 6) is -2.77. The molecule has 1 unspecified atom stereocenters. The maximum absolute atomic E-state index is 12.9. The Kier molecular flexibility index (Phi) is 1.56. The molecule has 0 amide bonds. The van der Waals surface area contributed by atoms with Crippen molar-refractivity contribution in [2.24, 2.45) is 0 Å². The van der Waals surface area contributed by atoms with E-state index in [-0.39, 0.29) is 11.1 Å². The molecule has 1 heterocycles. The van der Waals surface area contributed by atoms with E-state index in [1.807, 2.05) is 0 Å². The first-order valence-electron chi connectivity index (χ1n) is 3.47. The summed E-state index contributed by atoms with van der Waals surface area (Å²) in [6.45, 7) is 0. The Balaban J connectivity index is 2.69. The molecule has 2 rings (SSSR count). The van der Waals surface area contributed by atoms with Crippen LogP contribution in [0.5, 0.6) is 0 Å². The summed E-state index contributed by atoms with van der Waals surface area (Å²) in [6.07, 6.45) is -1.62. The van der Waals surface area contributed by atoms with Crippen LogP contribution in [0.4, 0.5) is 8.78 Å². The van der Waals surface area contributed by atoms with Gasteiger partial charge in [0.2, 0.25) is 6.29 Å². The lowest BCUT2D eigenvalue weighted by molar-refractivity contribution is -0.0562. The summed E-state index contributed by atoms with van der Waals surface area (Å²) in [6, 6.07) is 1.42. The molecule has 0 radical (unpaired) electrons. The standard InChI is InChI=1S/C8H4F2O3/c9-3-1-4-6(5(10)2-3)8(12)13-7(4)11/h1-2,8,12H. The zero-order valence-corrected chi connectivity index (χ0v) is 6.25. The van der Waals surface area contributed by atoms with Crippen LogP contribution in [0.1, 0.15) is 22.2 Å². The smallest absolute Gasteiger partial charge is 0.341 e. The molecular weight excluding hydrogens is 182 g/mol. The molecule has 1 aliphatic heterocycles. The van der Waals surface area contributed by atoms with E-state index in [1.165, 1.54) is 0 Å². The van der Waals surface area contributed by atoms with E-state index in [4.69, 9.17) is 5.11 Å². The predicted octanol–water partition coefficient (Wildman–Crippen LogP) is 1.13. The third-order valence-electron chi connectivity index (χ3n) is 1.78. The summed E-state index contributed by atoms with van der Waals surface area (Å²) in [5.41, 5.74) is -0.559. The number of halogens is 2. The second-order valence-corrected chi connectivity index (χ2v) is 2.61. The summed E-state index contributed by atoms with van der Waals surface area (Å²) < 4.78 is 29.8. The van der Waals surface area contributed by atoms with Crippen molar-refractivity contribution in [1.29, 1.82) is 0 Å². The quantitative estimate of drug-likeness (QED) is 0.617. The summed E-state index contributed by atoms with van der Waals surface area (Å²) >= 11 is 0. The zero-order valence-electron chi connectivity index (χ0n) is 6.25. The van der Waals surface area contributed by atoms with Crippen LogP contribution in [0.15, 0.2) is 12.1 Å². The minimum absolute atomic E-state index is 0.259. The van der Waals surface area contributed by atoms with E-state index in [2.05, 4.69) is 4.74 Å². The lowest BCUT2D eigenvalue weighted by atomic mass is 10.1. The van der Waals surface area contributed by atoms with E-state index in [1.54, 1.807) is 0 Å². The number of carbonyl (C=O) groups excluding carboxylic acids is 1. The van der Waals surface area contributed by atoms with Gasteiger partial charge in [-0.25, -0.2) is 13.6 Å². The topological polar surface area (TPSA) is 46.5 Å². The van der Waals surface area contributed by atoms with Crippen LogP contribution >= 0.6 is 0 Å². The molecule has 1 aliphatic rings. The van der Waals surface area contributed by atoms with E-state index in [0.717, 1.165) is 6.07 Å². The number of aliphatic hydroxyl groups is 1. The van der Waals surface area contributed by atoms with E-state index in [9.17, 15) is 13.6 Å². The van der Waals surface area contributed by atoms with E-state index >= 15 is 0 Å². The largest absolute Gasteiger partial charge is 0.428 e. The van der Waals surface area contributed by atoms with Gasteiger partial charge >= 0.3 is 5.97 Å². The van der Waals surface area contributed by atoms with Gasteiger partial charge in [0.25, 0.3) is 0 Å². The fraction of sp³-hybridized carbons (Fsp3) is 0.125. The summed E-state index contributed by atoms with van der Waals surface area (Å²) in [4.78, 5) is 10.9. The molecule has 0 spiro atoms. The Morgan fingerprint density at radius 1 is 1.38 bits per heavy atom. The van der Waals surface area contributed by atoms with Gasteiger partial charge in [0.1, 0.15) is 11.6 Å². The second-order valence-electron chi connectivity index (χ2n) is 2.61. The number of hydrogen-bond donors (Lipinski definition) is 1. The number of hydrogen-bond acceptors (Lipinski definition) is 3. The molecule has 13 heavy (non-hydrogen) atoms. The van der Waals surface area contributed by atoms with Gasteiger partial charge in [0, 0.05) is 6.07 Å². The van der Waals surface area contributed by atoms with Crippen molar-refractivity contribution in [3.05, 3.63) is 34.9 Å². The molecule has 0 saturated heterocycles. The third kappa shape index (κ3) is 1.08. The number of ether oxygens (including phenoxy) is 1. The lowest BCUT2D eigenvalue weighted by Crippen LogP contribution is -1.97. The molecule has 0 aromatic heterocycles. The molecule has 1 aromatic rings. The highest BCUT2D eigenvalue weighted by molar-refractivity contribution is 5.93. The maximum atomic E-state index is 12.9. The van der Waals surface area contributed by atoms with Crippen LogP contribution in [0.2, 0.25) is 0 Å². The first kappa shape index (κ1) is 8.12. The first-order valence-corrected chi connectivity index (χ1v) is 3.47. The van der Waals surface area contributed by atoms with Crippen LogP contribution in [0.25, 0.3) is 0 Å². The van der Waals surface area contributed by atoms with Crippen molar-refractivity contribution in [3.8, 4) is 0 Å². The predicted molar refractivity (Wildman–Crippen MR) is 36.7 cm³/mol. The van der Waals surface area contributed by atoms with Crippen molar-refractivity contribution in [2.75, 3.05) is 0 Å². The molecule has 1 atom stereocenters. The Labute approximate surface area is 71.6 Å². The molecule has 5 heteroatoms. The van der Waals surface area contributed by atoms with Gasteiger partial charge in [-0.2, -0.15) is 0 Å². The van der Waals surface area contributed by atoms with Crippen molar-refractivity contribution in [1.82, 2.24) is 0 Å². The molecule has 0 saturated carbocycles. The van der Waals surface area contributed by atoms with Crippen LogP contribution in [0, 0.1) is 11.6 Å². The molecule has 0 fully saturated rings.